The van der Waals surface area contributed by atoms with Gasteiger partial charge in [0, 0.05) is 5.56 Å². The molecule has 0 aliphatic carbocycles. The number of benzene rings is 2. The maximum Gasteiger partial charge on any atom is 0.340 e. The molecule has 124 valence electrons. The smallest absolute Gasteiger partial charge is 0.340 e. The van der Waals surface area contributed by atoms with Crippen molar-refractivity contribution in [2.24, 2.45) is 0 Å². The molecule has 3 aromatic rings. The molecular weight excluding hydrogens is 336 g/mol. The molecule has 2 aromatic carbocycles. The second kappa shape index (κ2) is 6.75. The Morgan fingerprint density at radius 2 is 1.64 bits per heavy atom. The molecule has 0 fully saturated rings. The number of aromatic nitrogens is 1. The molecule has 0 saturated carbocycles. The van der Waals surface area contributed by atoms with Crippen molar-refractivity contribution in [3.63, 3.8) is 0 Å². The summed E-state index contributed by atoms with van der Waals surface area (Å²) in [6, 6.07) is 20.6. The quantitative estimate of drug-likeness (QED) is 0.670. The molecule has 0 spiro atoms. The van der Waals surface area contributed by atoms with E-state index in [9.17, 15) is 13.7 Å². The van der Waals surface area contributed by atoms with Crippen molar-refractivity contribution in [1.82, 2.24) is 4.98 Å². The Hall–Kier alpha value is -3.17. The molecule has 25 heavy (non-hydrogen) atoms. The largest absolute Gasteiger partial charge is 0.357 e. The van der Waals surface area contributed by atoms with Gasteiger partial charge in [-0.15, -0.1) is 0 Å². The Bertz CT molecular complexity index is 1040. The zero-order chi connectivity index (χ0) is 17.9. The van der Waals surface area contributed by atoms with Crippen LogP contribution in [0.4, 0.5) is 0 Å². The first-order valence-corrected chi connectivity index (χ1v) is 8.88. The second-order valence-corrected chi connectivity index (χ2v) is 6.92. The third-order valence-electron chi connectivity index (χ3n) is 3.55. The van der Waals surface area contributed by atoms with Crippen LogP contribution in [-0.4, -0.2) is 13.4 Å². The molecule has 0 aliphatic heterocycles. The van der Waals surface area contributed by atoms with Crippen molar-refractivity contribution in [2.45, 2.75) is 11.8 Å². The van der Waals surface area contributed by atoms with E-state index in [2.05, 4.69) is 4.98 Å². The van der Waals surface area contributed by atoms with Gasteiger partial charge in [-0.1, -0.05) is 48.0 Å². The van der Waals surface area contributed by atoms with Crippen LogP contribution in [0.25, 0.3) is 11.3 Å². The summed E-state index contributed by atoms with van der Waals surface area (Å²) in [5, 5.41) is 9.22. The van der Waals surface area contributed by atoms with Gasteiger partial charge in [-0.05, 0) is 31.2 Å². The number of nitriles is 1. The highest BCUT2D eigenvalue weighted by Crippen LogP contribution is 2.25. The Morgan fingerprint density at radius 3 is 2.28 bits per heavy atom. The summed E-state index contributed by atoms with van der Waals surface area (Å²) in [6.07, 6.45) is 0. The van der Waals surface area contributed by atoms with Crippen molar-refractivity contribution in [3.8, 4) is 23.2 Å². The fourth-order valence-electron chi connectivity index (χ4n) is 2.22. The van der Waals surface area contributed by atoms with Crippen molar-refractivity contribution >= 4 is 10.1 Å². The van der Waals surface area contributed by atoms with Gasteiger partial charge in [0.15, 0.2) is 0 Å². The summed E-state index contributed by atoms with van der Waals surface area (Å²) in [7, 11) is -4.08. The summed E-state index contributed by atoms with van der Waals surface area (Å²) in [4.78, 5) is 4.23. The zero-order valence-electron chi connectivity index (χ0n) is 13.4. The molecule has 0 unspecified atom stereocenters. The fraction of sp³-hybridized carbons (Fsp3) is 0.0526. The molecule has 0 saturated heterocycles. The van der Waals surface area contributed by atoms with Crippen LogP contribution in [0, 0.1) is 18.3 Å². The third kappa shape index (κ3) is 3.67. The summed E-state index contributed by atoms with van der Waals surface area (Å²) in [6.45, 7) is 1.86. The molecule has 1 aromatic heterocycles. The maximum absolute atomic E-state index is 12.5. The van der Waals surface area contributed by atoms with Crippen LogP contribution in [0.15, 0.2) is 71.6 Å². The predicted molar refractivity (Wildman–Crippen MR) is 93.4 cm³/mol. The first-order chi connectivity index (χ1) is 12.0. The van der Waals surface area contributed by atoms with Gasteiger partial charge in [0.25, 0.3) is 5.88 Å². The highest BCUT2D eigenvalue weighted by Gasteiger charge is 2.20. The van der Waals surface area contributed by atoms with Crippen LogP contribution in [0.1, 0.15) is 11.1 Å². The van der Waals surface area contributed by atoms with Crippen LogP contribution in [0.5, 0.6) is 5.88 Å². The van der Waals surface area contributed by atoms with E-state index in [1.807, 2.05) is 43.3 Å². The Morgan fingerprint density at radius 1 is 0.960 bits per heavy atom. The highest BCUT2D eigenvalue weighted by atomic mass is 32.2. The van der Waals surface area contributed by atoms with Gasteiger partial charge >= 0.3 is 10.1 Å². The molecule has 1 heterocycles. The summed E-state index contributed by atoms with van der Waals surface area (Å²) in [5.74, 6) is -0.232. The number of pyridine rings is 1. The third-order valence-corrected chi connectivity index (χ3v) is 4.78. The van der Waals surface area contributed by atoms with E-state index < -0.39 is 10.1 Å². The lowest BCUT2D eigenvalue weighted by Gasteiger charge is -2.09. The normalized spacial score (nSPS) is 10.9. The average Bonchev–Trinajstić information content (AvgIpc) is 2.62. The van der Waals surface area contributed by atoms with Gasteiger partial charge < -0.3 is 4.18 Å². The number of hydrogen-bond acceptors (Lipinski definition) is 5. The van der Waals surface area contributed by atoms with Crippen LogP contribution in [0.3, 0.4) is 0 Å². The van der Waals surface area contributed by atoms with E-state index in [1.165, 1.54) is 18.2 Å². The Labute approximate surface area is 146 Å². The minimum atomic E-state index is -4.08. The van der Waals surface area contributed by atoms with Gasteiger partial charge in [-0.25, -0.2) is 4.98 Å². The minimum Gasteiger partial charge on any atom is -0.357 e. The van der Waals surface area contributed by atoms with Crippen LogP contribution < -0.4 is 4.18 Å². The van der Waals surface area contributed by atoms with Crippen molar-refractivity contribution in [2.75, 3.05) is 0 Å². The molecule has 0 N–H and O–H groups in total. The molecule has 0 aliphatic rings. The SMILES string of the molecule is Cc1ccc(S(=O)(=O)Oc2nc(-c3ccccc3)ccc2C#N)cc1. The van der Waals surface area contributed by atoms with E-state index >= 15 is 0 Å². The lowest BCUT2D eigenvalue weighted by Crippen LogP contribution is -2.12. The highest BCUT2D eigenvalue weighted by molar-refractivity contribution is 7.87. The molecular formula is C19H14N2O3S. The number of rotatable bonds is 4. The monoisotopic (exact) mass is 350 g/mol. The van der Waals surface area contributed by atoms with Crippen LogP contribution in [0.2, 0.25) is 0 Å². The molecule has 5 nitrogen and oxygen atoms in total. The number of hydrogen-bond donors (Lipinski definition) is 0. The number of nitrogens with zero attached hydrogens (tertiary/aromatic N) is 2. The van der Waals surface area contributed by atoms with Gasteiger partial charge in [0.2, 0.25) is 0 Å². The van der Waals surface area contributed by atoms with Crippen LogP contribution >= 0.6 is 0 Å². The molecule has 0 atom stereocenters. The lowest BCUT2D eigenvalue weighted by atomic mass is 10.1. The van der Waals surface area contributed by atoms with Crippen LogP contribution in [-0.2, 0) is 10.1 Å². The first kappa shape index (κ1) is 16.7. The maximum atomic E-state index is 12.5. The van der Waals surface area contributed by atoms with E-state index in [0.717, 1.165) is 11.1 Å². The van der Waals surface area contributed by atoms with Gasteiger partial charge in [-0.2, -0.15) is 13.7 Å². The molecule has 6 heteroatoms. The Balaban J connectivity index is 2.01. The van der Waals surface area contributed by atoms with Gasteiger partial charge in [0.05, 0.1) is 5.69 Å². The molecule has 0 amide bonds. The van der Waals surface area contributed by atoms with Gasteiger partial charge in [-0.3, -0.25) is 0 Å². The summed E-state index contributed by atoms with van der Waals surface area (Å²) < 4.78 is 30.1. The molecule has 0 radical (unpaired) electrons. The number of aryl methyl sites for hydroxylation is 1. The van der Waals surface area contributed by atoms with Crippen molar-refractivity contribution in [3.05, 3.63) is 77.9 Å². The van der Waals surface area contributed by atoms with Crippen molar-refractivity contribution in [1.29, 1.82) is 5.26 Å². The van der Waals surface area contributed by atoms with E-state index in [4.69, 9.17) is 4.18 Å². The average molecular weight is 350 g/mol. The van der Waals surface area contributed by atoms with E-state index in [1.54, 1.807) is 18.2 Å². The predicted octanol–water partition coefficient (Wildman–Crippen LogP) is 3.70. The second-order valence-electron chi connectivity index (χ2n) is 5.38. The molecule has 3 rings (SSSR count). The summed E-state index contributed by atoms with van der Waals surface area (Å²) in [5.41, 5.74) is 2.30. The lowest BCUT2D eigenvalue weighted by molar-refractivity contribution is 0.475. The topological polar surface area (TPSA) is 80.1 Å². The zero-order valence-corrected chi connectivity index (χ0v) is 14.2. The first-order valence-electron chi connectivity index (χ1n) is 7.47. The summed E-state index contributed by atoms with van der Waals surface area (Å²) >= 11 is 0. The van der Waals surface area contributed by atoms with E-state index in [-0.39, 0.29) is 16.3 Å². The molecule has 0 bridgehead atoms. The standard InChI is InChI=1S/C19H14N2O3S/c1-14-7-10-17(11-8-14)25(22,23)24-19-16(13-20)9-12-18(21-19)15-5-3-2-4-6-15/h2-12H,1H3. The fourth-order valence-corrected chi connectivity index (χ4v) is 3.12. The van der Waals surface area contributed by atoms with Crippen molar-refractivity contribution < 1.29 is 12.6 Å². The van der Waals surface area contributed by atoms with E-state index in [0.29, 0.717) is 5.69 Å². The minimum absolute atomic E-state index is 0.00824. The van der Waals surface area contributed by atoms with Gasteiger partial charge in [0.1, 0.15) is 16.5 Å². The Kier molecular flexibility index (Phi) is 4.50.